The van der Waals surface area contributed by atoms with Crippen molar-refractivity contribution in [1.29, 1.82) is 0 Å². The molecule has 0 bridgehead atoms. The second-order valence-corrected chi connectivity index (χ2v) is 5.44. The highest BCUT2D eigenvalue weighted by molar-refractivity contribution is 5.94. The number of benzene rings is 1. The molecule has 1 aromatic carbocycles. The molecule has 0 radical (unpaired) electrons. The van der Waals surface area contributed by atoms with Crippen molar-refractivity contribution in [3.8, 4) is 5.75 Å². The molecule has 0 unspecified atom stereocenters. The third-order valence-corrected chi connectivity index (χ3v) is 3.73. The number of nitrogens with one attached hydrogen (secondary N) is 1. The maximum absolute atomic E-state index is 11.9. The summed E-state index contributed by atoms with van der Waals surface area (Å²) in [5, 5.41) is 12.0. The van der Waals surface area contributed by atoms with Crippen LogP contribution in [0.3, 0.4) is 0 Å². The van der Waals surface area contributed by atoms with Gasteiger partial charge in [0, 0.05) is 25.2 Å². The molecule has 6 heteroatoms. The van der Waals surface area contributed by atoms with Crippen LogP contribution >= 0.6 is 0 Å². The van der Waals surface area contributed by atoms with Crippen LogP contribution in [0, 0.1) is 0 Å². The van der Waals surface area contributed by atoms with E-state index in [4.69, 9.17) is 5.73 Å². The predicted octanol–water partition coefficient (Wildman–Crippen LogP) is 1.31. The Bertz CT molecular complexity index is 505. The number of hydrogen-bond acceptors (Lipinski definition) is 3. The summed E-state index contributed by atoms with van der Waals surface area (Å²) >= 11 is 0. The number of carbonyl (C=O) groups excluding carboxylic acids is 1. The van der Waals surface area contributed by atoms with Crippen molar-refractivity contribution in [2.24, 2.45) is 10.7 Å². The Morgan fingerprint density at radius 1 is 1.18 bits per heavy atom. The molecule has 0 spiro atoms. The Morgan fingerprint density at radius 3 is 2.45 bits per heavy atom. The summed E-state index contributed by atoms with van der Waals surface area (Å²) in [6.45, 7) is 2.84. The molecule has 2 rings (SSSR count). The lowest BCUT2D eigenvalue weighted by Gasteiger charge is -2.21. The van der Waals surface area contributed by atoms with Crippen LogP contribution in [0.4, 0.5) is 0 Å². The summed E-state index contributed by atoms with van der Waals surface area (Å²) < 4.78 is 0. The largest absolute Gasteiger partial charge is 0.508 e. The second kappa shape index (κ2) is 8.26. The van der Waals surface area contributed by atoms with E-state index in [9.17, 15) is 9.90 Å². The smallest absolute Gasteiger partial charge is 0.251 e. The third-order valence-electron chi connectivity index (χ3n) is 3.73. The van der Waals surface area contributed by atoms with Gasteiger partial charge in [-0.3, -0.25) is 9.79 Å². The molecule has 1 aliphatic rings. The molecule has 6 nitrogen and oxygen atoms in total. The maximum Gasteiger partial charge on any atom is 0.251 e. The van der Waals surface area contributed by atoms with Crippen LogP contribution in [-0.4, -0.2) is 48.1 Å². The molecule has 0 atom stereocenters. The van der Waals surface area contributed by atoms with Gasteiger partial charge in [0.15, 0.2) is 5.96 Å². The third kappa shape index (κ3) is 4.95. The topological polar surface area (TPSA) is 90.9 Å². The van der Waals surface area contributed by atoms with Crippen LogP contribution in [0.15, 0.2) is 29.3 Å². The minimum absolute atomic E-state index is 0.145. The number of phenols is 1. The van der Waals surface area contributed by atoms with Crippen LogP contribution in [-0.2, 0) is 0 Å². The van der Waals surface area contributed by atoms with Gasteiger partial charge in [-0.05, 0) is 37.1 Å². The number of nitrogens with zero attached hydrogens (tertiary/aromatic N) is 2. The molecule has 1 saturated heterocycles. The van der Waals surface area contributed by atoms with Gasteiger partial charge in [0.2, 0.25) is 0 Å². The van der Waals surface area contributed by atoms with Crippen molar-refractivity contribution in [3.63, 3.8) is 0 Å². The average Bonchev–Trinajstić information content (AvgIpc) is 2.81. The van der Waals surface area contributed by atoms with Gasteiger partial charge in [0.25, 0.3) is 5.91 Å². The van der Waals surface area contributed by atoms with Gasteiger partial charge in [0.1, 0.15) is 5.75 Å². The minimum atomic E-state index is -0.177. The molecule has 0 aliphatic carbocycles. The van der Waals surface area contributed by atoms with Crippen molar-refractivity contribution in [1.82, 2.24) is 10.2 Å². The van der Waals surface area contributed by atoms with Crippen molar-refractivity contribution in [2.45, 2.75) is 25.7 Å². The summed E-state index contributed by atoms with van der Waals surface area (Å²) in [4.78, 5) is 18.3. The van der Waals surface area contributed by atoms with E-state index < -0.39 is 0 Å². The SMILES string of the molecule is NC(=NCCNC(=O)c1ccc(O)cc1)N1CCCCCC1. The molecule has 1 amide bonds. The average molecular weight is 304 g/mol. The number of rotatable bonds is 4. The zero-order valence-corrected chi connectivity index (χ0v) is 12.8. The van der Waals surface area contributed by atoms with E-state index in [-0.39, 0.29) is 11.7 Å². The predicted molar refractivity (Wildman–Crippen MR) is 87.0 cm³/mol. The van der Waals surface area contributed by atoms with Crippen LogP contribution in [0.25, 0.3) is 0 Å². The quantitative estimate of drug-likeness (QED) is 0.444. The van der Waals surface area contributed by atoms with Crippen LogP contribution in [0.5, 0.6) is 5.75 Å². The van der Waals surface area contributed by atoms with Crippen LogP contribution < -0.4 is 11.1 Å². The van der Waals surface area contributed by atoms with Gasteiger partial charge in [-0.1, -0.05) is 12.8 Å². The molecule has 120 valence electrons. The Hall–Kier alpha value is -2.24. The first-order valence-corrected chi connectivity index (χ1v) is 7.79. The zero-order chi connectivity index (χ0) is 15.8. The molecule has 22 heavy (non-hydrogen) atoms. The Morgan fingerprint density at radius 2 is 1.82 bits per heavy atom. The molecule has 1 aromatic rings. The van der Waals surface area contributed by atoms with Gasteiger partial charge in [0.05, 0.1) is 6.54 Å². The van der Waals surface area contributed by atoms with E-state index >= 15 is 0 Å². The highest BCUT2D eigenvalue weighted by Gasteiger charge is 2.10. The van der Waals surface area contributed by atoms with E-state index in [1.165, 1.54) is 25.0 Å². The first kappa shape index (κ1) is 16.1. The van der Waals surface area contributed by atoms with Crippen LogP contribution in [0.1, 0.15) is 36.0 Å². The Labute approximate surface area is 131 Å². The molecule has 1 fully saturated rings. The van der Waals surface area contributed by atoms with Crippen molar-refractivity contribution in [2.75, 3.05) is 26.2 Å². The molecule has 1 aliphatic heterocycles. The summed E-state index contributed by atoms with van der Waals surface area (Å²) in [5.41, 5.74) is 6.51. The van der Waals surface area contributed by atoms with Gasteiger partial charge >= 0.3 is 0 Å². The minimum Gasteiger partial charge on any atom is -0.508 e. The number of carbonyl (C=O) groups is 1. The number of hydrogen-bond donors (Lipinski definition) is 3. The summed E-state index contributed by atoms with van der Waals surface area (Å²) in [6.07, 6.45) is 4.83. The number of likely N-dealkylation sites (tertiary alicyclic amines) is 1. The van der Waals surface area contributed by atoms with E-state index in [1.54, 1.807) is 12.1 Å². The standard InChI is InChI=1S/C16H24N4O2/c17-16(20-11-3-1-2-4-12-20)19-10-9-18-15(22)13-5-7-14(21)8-6-13/h5-8,21H,1-4,9-12H2,(H2,17,19)(H,18,22). The molecule has 0 saturated carbocycles. The van der Waals surface area contributed by atoms with Crippen LogP contribution in [0.2, 0.25) is 0 Å². The first-order chi connectivity index (χ1) is 10.7. The van der Waals surface area contributed by atoms with Gasteiger partial charge in [-0.2, -0.15) is 0 Å². The Balaban J connectivity index is 1.74. The summed E-state index contributed by atoms with van der Waals surface area (Å²) in [7, 11) is 0. The fraction of sp³-hybridized carbons (Fsp3) is 0.500. The molecule has 0 aromatic heterocycles. The first-order valence-electron chi connectivity index (χ1n) is 7.79. The van der Waals surface area contributed by atoms with E-state index in [1.807, 2.05) is 0 Å². The molecule has 1 heterocycles. The van der Waals surface area contributed by atoms with Crippen molar-refractivity contribution >= 4 is 11.9 Å². The Kier molecular flexibility index (Phi) is 6.06. The summed E-state index contributed by atoms with van der Waals surface area (Å²) in [5.74, 6) is 0.538. The molecular weight excluding hydrogens is 280 g/mol. The highest BCUT2D eigenvalue weighted by Crippen LogP contribution is 2.10. The van der Waals surface area contributed by atoms with Crippen molar-refractivity contribution < 1.29 is 9.90 Å². The maximum atomic E-state index is 11.9. The number of phenolic OH excluding ortho intramolecular Hbond substituents is 1. The van der Waals surface area contributed by atoms with E-state index in [0.717, 1.165) is 25.9 Å². The number of aliphatic imine (C=N–C) groups is 1. The fourth-order valence-electron chi connectivity index (χ4n) is 2.45. The number of nitrogens with two attached hydrogens (primary N) is 1. The van der Waals surface area contributed by atoms with Gasteiger partial charge < -0.3 is 21.1 Å². The zero-order valence-electron chi connectivity index (χ0n) is 12.8. The molecule has 4 N–H and O–H groups in total. The number of guanidine groups is 1. The number of amides is 1. The fourth-order valence-corrected chi connectivity index (χ4v) is 2.45. The lowest BCUT2D eigenvalue weighted by atomic mass is 10.2. The monoisotopic (exact) mass is 304 g/mol. The lowest BCUT2D eigenvalue weighted by molar-refractivity contribution is 0.0955. The normalized spacial score (nSPS) is 16.2. The highest BCUT2D eigenvalue weighted by atomic mass is 16.3. The second-order valence-electron chi connectivity index (χ2n) is 5.44. The van der Waals surface area contributed by atoms with E-state index in [2.05, 4.69) is 15.2 Å². The van der Waals surface area contributed by atoms with Gasteiger partial charge in [-0.25, -0.2) is 0 Å². The lowest BCUT2D eigenvalue weighted by Crippen LogP contribution is -2.38. The summed E-state index contributed by atoms with van der Waals surface area (Å²) in [6, 6.07) is 6.15. The molecular formula is C16H24N4O2. The van der Waals surface area contributed by atoms with Gasteiger partial charge in [-0.15, -0.1) is 0 Å². The van der Waals surface area contributed by atoms with E-state index in [0.29, 0.717) is 24.6 Å². The number of aromatic hydroxyl groups is 1. The van der Waals surface area contributed by atoms with Crippen molar-refractivity contribution in [3.05, 3.63) is 29.8 Å².